The van der Waals surface area contributed by atoms with Crippen molar-refractivity contribution in [3.63, 3.8) is 0 Å². The maximum atomic E-state index is 12.9. The van der Waals surface area contributed by atoms with Crippen LogP contribution < -0.4 is 0 Å². The maximum absolute atomic E-state index is 12.9. The van der Waals surface area contributed by atoms with Gasteiger partial charge in [0.05, 0.1) is 18.9 Å². The largest absolute Gasteiger partial charge is 0.508 e. The Balaban J connectivity index is 4.80. The van der Waals surface area contributed by atoms with Gasteiger partial charge in [-0.05, 0) is 38.8 Å². The van der Waals surface area contributed by atoms with Crippen molar-refractivity contribution in [2.75, 3.05) is 59.3 Å². The van der Waals surface area contributed by atoms with Crippen molar-refractivity contribution in [3.05, 3.63) is 0 Å². The summed E-state index contributed by atoms with van der Waals surface area (Å²) < 4.78 is 34.1. The molecule has 1 unspecified atom stereocenters. The van der Waals surface area contributed by atoms with Crippen molar-refractivity contribution in [1.82, 2.24) is 4.90 Å². The predicted molar refractivity (Wildman–Crippen MR) is 242 cm³/mol. The van der Waals surface area contributed by atoms with E-state index in [9.17, 15) is 14.4 Å². The third-order valence-electron chi connectivity index (χ3n) is 11.1. The first-order valence-electron chi connectivity index (χ1n) is 25.0. The lowest BCUT2D eigenvalue weighted by Gasteiger charge is -2.20. The smallest absolute Gasteiger partial charge is 0.465 e. The van der Waals surface area contributed by atoms with Gasteiger partial charge in [0.2, 0.25) is 0 Å². The van der Waals surface area contributed by atoms with Crippen molar-refractivity contribution < 1.29 is 42.8 Å². The number of carbonyl (C=O) groups excluding carboxylic acids is 3. The summed E-state index contributed by atoms with van der Waals surface area (Å²) in [6.07, 6.45) is 32.0. The molecule has 0 aromatic rings. The van der Waals surface area contributed by atoms with Gasteiger partial charge in [-0.15, -0.1) is 0 Å². The van der Waals surface area contributed by atoms with E-state index in [2.05, 4.69) is 39.5 Å². The van der Waals surface area contributed by atoms with Crippen molar-refractivity contribution >= 4 is 18.1 Å². The lowest BCUT2D eigenvalue weighted by Crippen LogP contribution is -2.28. The highest BCUT2D eigenvalue weighted by Crippen LogP contribution is 2.15. The first-order valence-corrected chi connectivity index (χ1v) is 25.0. The van der Waals surface area contributed by atoms with Gasteiger partial charge in [-0.2, -0.15) is 0 Å². The summed E-state index contributed by atoms with van der Waals surface area (Å²) in [6, 6.07) is 0. The fourth-order valence-electron chi connectivity index (χ4n) is 7.03. The van der Waals surface area contributed by atoms with Crippen LogP contribution in [0.1, 0.15) is 227 Å². The Bertz CT molecular complexity index is 898. The Morgan fingerprint density at radius 2 is 0.797 bits per heavy atom. The molecule has 0 bridgehead atoms. The van der Waals surface area contributed by atoms with E-state index in [1.807, 2.05) is 0 Å². The number of hydrogen-bond donors (Lipinski definition) is 0. The molecule has 10 nitrogen and oxygen atoms in total. The third-order valence-corrected chi connectivity index (χ3v) is 11.1. The predicted octanol–water partition coefficient (Wildman–Crippen LogP) is 13.3. The van der Waals surface area contributed by atoms with Crippen molar-refractivity contribution in [1.29, 1.82) is 0 Å². The van der Waals surface area contributed by atoms with E-state index in [-0.39, 0.29) is 44.8 Å². The summed E-state index contributed by atoms with van der Waals surface area (Å²) in [5, 5.41) is 0. The molecule has 10 heteroatoms. The number of nitrogens with zero attached hydrogens (tertiary/aromatic N) is 1. The molecule has 0 saturated heterocycles. The molecular weight excluding hydrogens is 747 g/mol. The van der Waals surface area contributed by atoms with Gasteiger partial charge in [0, 0.05) is 32.6 Å². The second kappa shape index (κ2) is 45.6. The third kappa shape index (κ3) is 41.2. The zero-order chi connectivity index (χ0) is 43.3. The molecule has 0 saturated carbocycles. The molecule has 0 amide bonds. The molecule has 0 N–H and O–H groups in total. The lowest BCUT2D eigenvalue weighted by atomic mass is 10.0. The summed E-state index contributed by atoms with van der Waals surface area (Å²) in [4.78, 5) is 40.2. The van der Waals surface area contributed by atoms with E-state index in [0.29, 0.717) is 32.5 Å². The molecule has 0 aliphatic heterocycles. The Kier molecular flexibility index (Phi) is 44.1. The van der Waals surface area contributed by atoms with Gasteiger partial charge >= 0.3 is 18.1 Å². The van der Waals surface area contributed by atoms with E-state index >= 15 is 0 Å². The Morgan fingerprint density at radius 1 is 0.407 bits per heavy atom. The van der Waals surface area contributed by atoms with Gasteiger partial charge in [0.25, 0.3) is 0 Å². The molecule has 0 spiro atoms. The van der Waals surface area contributed by atoms with Crippen LogP contribution in [0.15, 0.2) is 0 Å². The summed E-state index contributed by atoms with van der Waals surface area (Å²) in [6.45, 7) is 15.0. The van der Waals surface area contributed by atoms with Crippen molar-refractivity contribution in [2.24, 2.45) is 5.92 Å². The van der Waals surface area contributed by atoms with E-state index in [1.54, 1.807) is 0 Å². The monoisotopic (exact) mass is 842 g/mol. The minimum Gasteiger partial charge on any atom is -0.465 e. The Hall–Kier alpha value is -1.91. The first-order chi connectivity index (χ1) is 28.9. The molecule has 0 radical (unpaired) electrons. The van der Waals surface area contributed by atoms with Crippen LogP contribution in [0.3, 0.4) is 0 Å². The van der Waals surface area contributed by atoms with Crippen LogP contribution in [-0.4, -0.2) is 88.6 Å². The standard InChI is InChI=1S/C49H95NO9/c1-6-11-14-17-20-21-22-23-24-25-26-27-28-31-35-46(51)57-42-45(44-59-49(53)56-41-34-38-50(9-4)10-5)43-58-47(52)36-37-48(54-39-32-29-18-15-12-7-2)55-40-33-30-19-16-13-8-3/h45,48H,6-44H2,1-5H3. The van der Waals surface area contributed by atoms with Gasteiger partial charge in [-0.25, -0.2) is 4.79 Å². The van der Waals surface area contributed by atoms with Crippen LogP contribution in [0.5, 0.6) is 0 Å². The SMILES string of the molecule is CCCCCCCCCCCCCCCCC(=O)OCC(COC(=O)CCC(OCCCCCCCC)OCCCCCCCC)COC(=O)OCCCN(CC)CC. The fourth-order valence-corrected chi connectivity index (χ4v) is 7.03. The van der Waals surface area contributed by atoms with Crippen molar-refractivity contribution in [2.45, 2.75) is 234 Å². The van der Waals surface area contributed by atoms with Crippen LogP contribution in [0.2, 0.25) is 0 Å². The molecule has 0 fully saturated rings. The second-order valence-corrected chi connectivity index (χ2v) is 16.6. The molecular formula is C49H95NO9. The molecule has 0 aliphatic carbocycles. The minimum absolute atomic E-state index is 0.00861. The fraction of sp³-hybridized carbons (Fsp3) is 0.939. The van der Waals surface area contributed by atoms with Gasteiger partial charge in [0.15, 0.2) is 6.29 Å². The molecule has 350 valence electrons. The highest BCUT2D eigenvalue weighted by Gasteiger charge is 2.20. The number of ether oxygens (including phenoxy) is 6. The number of esters is 2. The molecule has 0 aromatic heterocycles. The molecule has 0 rings (SSSR count). The molecule has 0 heterocycles. The Morgan fingerprint density at radius 3 is 1.24 bits per heavy atom. The van der Waals surface area contributed by atoms with Crippen LogP contribution in [0.4, 0.5) is 4.79 Å². The average Bonchev–Trinajstić information content (AvgIpc) is 3.24. The lowest BCUT2D eigenvalue weighted by molar-refractivity contribution is -0.161. The second-order valence-electron chi connectivity index (χ2n) is 16.6. The molecule has 0 aliphatic rings. The zero-order valence-electron chi connectivity index (χ0n) is 39.4. The highest BCUT2D eigenvalue weighted by atomic mass is 16.7. The summed E-state index contributed by atoms with van der Waals surface area (Å²) in [7, 11) is 0. The normalized spacial score (nSPS) is 12.0. The van der Waals surface area contributed by atoms with Crippen molar-refractivity contribution in [3.8, 4) is 0 Å². The van der Waals surface area contributed by atoms with E-state index in [0.717, 1.165) is 64.6 Å². The number of rotatable bonds is 46. The van der Waals surface area contributed by atoms with E-state index < -0.39 is 18.4 Å². The van der Waals surface area contributed by atoms with Gasteiger partial charge in [-0.3, -0.25) is 9.59 Å². The first kappa shape index (κ1) is 57.1. The van der Waals surface area contributed by atoms with Crippen LogP contribution >= 0.6 is 0 Å². The highest BCUT2D eigenvalue weighted by molar-refractivity contribution is 5.69. The van der Waals surface area contributed by atoms with Crippen LogP contribution in [0.25, 0.3) is 0 Å². The zero-order valence-corrected chi connectivity index (χ0v) is 39.4. The van der Waals surface area contributed by atoms with Gasteiger partial charge in [-0.1, -0.05) is 182 Å². The number of unbranched alkanes of at least 4 members (excludes halogenated alkanes) is 23. The van der Waals surface area contributed by atoms with Crippen LogP contribution in [-0.2, 0) is 38.0 Å². The summed E-state index contributed by atoms with van der Waals surface area (Å²) in [5.74, 6) is -1.18. The van der Waals surface area contributed by atoms with Gasteiger partial charge < -0.3 is 33.3 Å². The minimum atomic E-state index is -0.775. The topological polar surface area (TPSA) is 110 Å². The maximum Gasteiger partial charge on any atom is 0.508 e. The van der Waals surface area contributed by atoms with E-state index in [4.69, 9.17) is 28.4 Å². The molecule has 0 aromatic carbocycles. The summed E-state index contributed by atoms with van der Waals surface area (Å²) >= 11 is 0. The van der Waals surface area contributed by atoms with Crippen LogP contribution in [0, 0.1) is 5.92 Å². The number of carbonyl (C=O) groups is 3. The summed E-state index contributed by atoms with van der Waals surface area (Å²) in [5.41, 5.74) is 0. The molecule has 59 heavy (non-hydrogen) atoms. The quantitative estimate of drug-likeness (QED) is 0.0254. The van der Waals surface area contributed by atoms with Gasteiger partial charge in [0.1, 0.15) is 19.8 Å². The number of hydrogen-bond acceptors (Lipinski definition) is 10. The molecule has 1 atom stereocenters. The Labute approximate surface area is 363 Å². The van der Waals surface area contributed by atoms with E-state index in [1.165, 1.54) is 122 Å². The average molecular weight is 842 g/mol.